The van der Waals surface area contributed by atoms with Gasteiger partial charge in [-0.1, -0.05) is 60.7 Å². The Morgan fingerprint density at radius 2 is 1.45 bits per heavy atom. The average Bonchev–Trinajstić information content (AvgIpc) is 3.38. The molecular weight excluding hydrogens is 495 g/mol. The second-order valence-electron chi connectivity index (χ2n) is 10.5. The van der Waals surface area contributed by atoms with Gasteiger partial charge in [-0.3, -0.25) is 0 Å². The van der Waals surface area contributed by atoms with E-state index in [4.69, 9.17) is 9.47 Å². The quantitative estimate of drug-likeness (QED) is 0.421. The van der Waals surface area contributed by atoms with E-state index >= 15 is 0 Å². The molecular formula is C30H28F3NO4. The predicted octanol–water partition coefficient (Wildman–Crippen LogP) is 6.39. The third-order valence-corrected chi connectivity index (χ3v) is 8.11. The summed E-state index contributed by atoms with van der Waals surface area (Å²) in [6.07, 6.45) is -2.56. The van der Waals surface area contributed by atoms with Crippen LogP contribution in [0, 0.1) is 0 Å². The van der Waals surface area contributed by atoms with Crippen molar-refractivity contribution in [3.05, 3.63) is 89.5 Å². The smallest absolute Gasteiger partial charge is 0.422 e. The summed E-state index contributed by atoms with van der Waals surface area (Å²) >= 11 is 0. The van der Waals surface area contributed by atoms with Gasteiger partial charge in [0.05, 0.1) is 5.60 Å². The minimum Gasteiger partial charge on any atom is -0.484 e. The van der Waals surface area contributed by atoms with Gasteiger partial charge in [0.15, 0.2) is 6.61 Å². The summed E-state index contributed by atoms with van der Waals surface area (Å²) in [6, 6.07) is 22.1. The Labute approximate surface area is 218 Å². The Bertz CT molecular complexity index is 1280. The summed E-state index contributed by atoms with van der Waals surface area (Å²) in [4.78, 5) is 15.1. The molecule has 38 heavy (non-hydrogen) atoms. The third-order valence-electron chi connectivity index (χ3n) is 8.11. The molecule has 0 spiro atoms. The fourth-order valence-electron chi connectivity index (χ4n) is 6.45. The summed E-state index contributed by atoms with van der Waals surface area (Å²) in [6.45, 7) is -1.12. The first-order valence-corrected chi connectivity index (χ1v) is 12.9. The van der Waals surface area contributed by atoms with Crippen LogP contribution in [0.15, 0.2) is 72.8 Å². The van der Waals surface area contributed by atoms with Gasteiger partial charge < -0.3 is 19.5 Å². The molecule has 2 saturated heterocycles. The molecule has 2 unspecified atom stereocenters. The molecule has 2 atom stereocenters. The molecule has 8 heteroatoms. The fraction of sp³-hybridized carbons (Fsp3) is 0.367. The molecule has 3 aliphatic rings. The molecule has 2 fully saturated rings. The molecule has 198 valence electrons. The molecule has 6 rings (SSSR count). The van der Waals surface area contributed by atoms with Crippen LogP contribution < -0.4 is 4.74 Å². The zero-order valence-electron chi connectivity index (χ0n) is 20.7. The van der Waals surface area contributed by atoms with Crippen LogP contribution in [0.25, 0.3) is 11.1 Å². The lowest BCUT2D eigenvalue weighted by Crippen LogP contribution is -2.52. The van der Waals surface area contributed by atoms with Gasteiger partial charge in [0.25, 0.3) is 0 Å². The number of benzene rings is 3. The maximum atomic E-state index is 13.3. The van der Waals surface area contributed by atoms with Crippen molar-refractivity contribution < 1.29 is 32.5 Å². The molecule has 0 radical (unpaired) electrons. The van der Waals surface area contributed by atoms with Crippen molar-refractivity contribution in [3.8, 4) is 16.9 Å². The number of amides is 1. The molecule has 1 amide bonds. The second kappa shape index (κ2) is 9.34. The number of alkyl halides is 3. The van der Waals surface area contributed by atoms with Gasteiger partial charge in [-0.2, -0.15) is 13.2 Å². The van der Waals surface area contributed by atoms with Gasteiger partial charge in [-0.15, -0.1) is 0 Å². The fourth-order valence-corrected chi connectivity index (χ4v) is 6.45. The molecule has 0 saturated carbocycles. The number of piperidine rings is 1. The van der Waals surface area contributed by atoms with Crippen molar-refractivity contribution >= 4 is 6.09 Å². The Morgan fingerprint density at radius 1 is 0.895 bits per heavy atom. The monoisotopic (exact) mass is 523 g/mol. The first-order valence-electron chi connectivity index (χ1n) is 12.9. The zero-order chi connectivity index (χ0) is 26.5. The number of hydrogen-bond acceptors (Lipinski definition) is 4. The lowest BCUT2D eigenvalue weighted by atomic mass is 9.80. The Balaban J connectivity index is 1.12. The SMILES string of the molecule is O=C(OCC1c2ccccc2-c2ccccc21)N1C2CCC1CC(O)(c1ccc(OCC(F)(F)F)cc1)C2. The number of aliphatic hydroxyl groups is 1. The van der Waals surface area contributed by atoms with Crippen LogP contribution in [0.5, 0.6) is 5.75 Å². The number of nitrogens with zero attached hydrogens (tertiary/aromatic N) is 1. The van der Waals surface area contributed by atoms with E-state index in [-0.39, 0.29) is 36.5 Å². The molecule has 2 bridgehead atoms. The predicted molar refractivity (Wildman–Crippen MR) is 135 cm³/mol. The maximum absolute atomic E-state index is 13.3. The van der Waals surface area contributed by atoms with Crippen LogP contribution in [-0.2, 0) is 10.3 Å². The number of rotatable bonds is 5. The summed E-state index contributed by atoms with van der Waals surface area (Å²) in [5.41, 5.74) is 4.08. The number of fused-ring (bicyclic) bond motifs is 5. The van der Waals surface area contributed by atoms with Crippen LogP contribution in [0.1, 0.15) is 48.3 Å². The van der Waals surface area contributed by atoms with Gasteiger partial charge in [0.2, 0.25) is 0 Å². The van der Waals surface area contributed by atoms with Crippen LogP contribution >= 0.6 is 0 Å². The summed E-state index contributed by atoms with van der Waals surface area (Å²) in [5.74, 6) is 0.0672. The van der Waals surface area contributed by atoms with Crippen LogP contribution in [-0.4, -0.2) is 47.6 Å². The molecule has 3 aromatic carbocycles. The lowest BCUT2D eigenvalue weighted by molar-refractivity contribution is -0.153. The molecule has 1 N–H and O–H groups in total. The number of carbonyl (C=O) groups is 1. The van der Waals surface area contributed by atoms with E-state index in [1.54, 1.807) is 17.0 Å². The molecule has 1 aliphatic carbocycles. The van der Waals surface area contributed by atoms with Gasteiger partial charge in [0, 0.05) is 30.8 Å². The van der Waals surface area contributed by atoms with Gasteiger partial charge >= 0.3 is 12.3 Å². The first kappa shape index (κ1) is 24.8. The highest BCUT2D eigenvalue weighted by molar-refractivity contribution is 5.79. The van der Waals surface area contributed by atoms with E-state index in [0.29, 0.717) is 18.4 Å². The van der Waals surface area contributed by atoms with E-state index in [1.807, 2.05) is 24.3 Å². The highest BCUT2D eigenvalue weighted by Crippen LogP contribution is 2.47. The Kier molecular flexibility index (Phi) is 6.10. The Hall–Kier alpha value is -3.52. The van der Waals surface area contributed by atoms with Gasteiger partial charge in [-0.05, 0) is 52.8 Å². The average molecular weight is 524 g/mol. The van der Waals surface area contributed by atoms with Crippen molar-refractivity contribution in [1.29, 1.82) is 0 Å². The molecule has 2 heterocycles. The lowest BCUT2D eigenvalue weighted by Gasteiger charge is -2.43. The van der Waals surface area contributed by atoms with Crippen LogP contribution in [0.3, 0.4) is 0 Å². The first-order chi connectivity index (χ1) is 18.2. The summed E-state index contributed by atoms with van der Waals surface area (Å²) in [5, 5.41) is 11.5. The zero-order valence-corrected chi connectivity index (χ0v) is 20.7. The van der Waals surface area contributed by atoms with Crippen molar-refractivity contribution in [3.63, 3.8) is 0 Å². The number of carbonyl (C=O) groups excluding carboxylic acids is 1. The summed E-state index contributed by atoms with van der Waals surface area (Å²) in [7, 11) is 0. The van der Waals surface area contributed by atoms with Gasteiger partial charge in [-0.25, -0.2) is 4.79 Å². The highest BCUT2D eigenvalue weighted by atomic mass is 19.4. The molecule has 2 aliphatic heterocycles. The normalized spacial score (nSPS) is 24.2. The van der Waals surface area contributed by atoms with E-state index in [2.05, 4.69) is 24.3 Å². The van der Waals surface area contributed by atoms with E-state index < -0.39 is 18.4 Å². The van der Waals surface area contributed by atoms with Crippen molar-refractivity contribution in [2.75, 3.05) is 13.2 Å². The van der Waals surface area contributed by atoms with Gasteiger partial charge in [0.1, 0.15) is 12.4 Å². The van der Waals surface area contributed by atoms with Crippen molar-refractivity contribution in [1.82, 2.24) is 4.90 Å². The Morgan fingerprint density at radius 3 is 2.00 bits per heavy atom. The largest absolute Gasteiger partial charge is 0.484 e. The third kappa shape index (κ3) is 4.51. The van der Waals surface area contributed by atoms with Crippen molar-refractivity contribution in [2.45, 2.75) is 55.5 Å². The summed E-state index contributed by atoms with van der Waals surface area (Å²) < 4.78 is 48.0. The standard InChI is InChI=1S/C30H28F3NO4/c31-30(32,33)18-38-22-13-9-19(10-14-22)29(36)15-20-11-12-21(16-29)34(20)28(35)37-17-27-25-7-3-1-5-23(25)24-6-2-4-8-26(24)27/h1-10,13-14,20-21,27,36H,11-12,15-18H2. The van der Waals surface area contributed by atoms with Crippen LogP contribution in [0.2, 0.25) is 0 Å². The number of hydrogen-bond donors (Lipinski definition) is 1. The van der Waals surface area contributed by atoms with E-state index in [9.17, 15) is 23.1 Å². The molecule has 3 aromatic rings. The molecule has 5 nitrogen and oxygen atoms in total. The highest BCUT2D eigenvalue weighted by Gasteiger charge is 2.50. The molecule has 0 aromatic heterocycles. The number of halogens is 3. The van der Waals surface area contributed by atoms with E-state index in [1.165, 1.54) is 23.3 Å². The minimum absolute atomic E-state index is 0.0243. The minimum atomic E-state index is -4.41. The maximum Gasteiger partial charge on any atom is 0.422 e. The van der Waals surface area contributed by atoms with Crippen molar-refractivity contribution in [2.24, 2.45) is 0 Å². The van der Waals surface area contributed by atoms with E-state index in [0.717, 1.165) is 24.0 Å². The second-order valence-corrected chi connectivity index (χ2v) is 10.5. The number of ether oxygens (including phenoxy) is 2. The van der Waals surface area contributed by atoms with Crippen LogP contribution in [0.4, 0.5) is 18.0 Å². The topological polar surface area (TPSA) is 59.0 Å².